The molecule has 1 aliphatic carbocycles. The van der Waals surface area contributed by atoms with Crippen molar-refractivity contribution in [2.75, 3.05) is 18.4 Å². The number of nitrogens with zero attached hydrogens (tertiary/aromatic N) is 4. The zero-order valence-electron chi connectivity index (χ0n) is 23.7. The molecule has 0 spiro atoms. The quantitative estimate of drug-likeness (QED) is 0.415. The van der Waals surface area contributed by atoms with Crippen molar-refractivity contribution in [2.24, 2.45) is 11.7 Å². The van der Waals surface area contributed by atoms with Gasteiger partial charge < -0.3 is 25.4 Å². The number of rotatable bonds is 7. The minimum absolute atomic E-state index is 0.0756. The first-order chi connectivity index (χ1) is 19.0. The summed E-state index contributed by atoms with van der Waals surface area (Å²) in [7, 11) is 0. The van der Waals surface area contributed by atoms with Crippen molar-refractivity contribution in [3.8, 4) is 5.88 Å². The molecule has 0 radical (unpaired) electrons. The van der Waals surface area contributed by atoms with Gasteiger partial charge in [-0.05, 0) is 69.2 Å². The number of ether oxygens (including phenoxy) is 2. The lowest BCUT2D eigenvalue weighted by atomic mass is 9.84. The first-order valence-electron chi connectivity index (χ1n) is 14.0. The van der Waals surface area contributed by atoms with Crippen LogP contribution in [0, 0.1) is 5.92 Å². The van der Waals surface area contributed by atoms with Crippen LogP contribution >= 0.6 is 0 Å². The Bertz CT molecular complexity index is 1510. The van der Waals surface area contributed by atoms with Gasteiger partial charge in [-0.25, -0.2) is 19.7 Å². The van der Waals surface area contributed by atoms with Gasteiger partial charge in [-0.15, -0.1) is 0 Å². The second kappa shape index (κ2) is 9.40. The van der Waals surface area contributed by atoms with Crippen LogP contribution in [-0.2, 0) is 15.1 Å². The van der Waals surface area contributed by atoms with Gasteiger partial charge in [-0.3, -0.25) is 4.79 Å². The molecule has 2 atom stereocenters. The SMILES string of the molecule is CC[C@@](C)(N)c1cnc(OC2CN(C(=O)C3CC3)C2)c2cnc(Nc3ccc4c(n3)[C@@H](C)C(C)(C)OC4=O)cc12. The molecule has 5 heterocycles. The Balaban J connectivity index is 1.30. The molecule has 40 heavy (non-hydrogen) atoms. The van der Waals surface area contributed by atoms with Crippen LogP contribution in [0.15, 0.2) is 30.6 Å². The normalized spacial score (nSPS) is 21.7. The third kappa shape index (κ3) is 4.64. The van der Waals surface area contributed by atoms with Gasteiger partial charge in [0, 0.05) is 29.8 Å². The largest absolute Gasteiger partial charge is 0.470 e. The topological polar surface area (TPSA) is 133 Å². The molecule has 6 rings (SSSR count). The lowest BCUT2D eigenvalue weighted by Gasteiger charge is -2.39. The van der Waals surface area contributed by atoms with E-state index in [9.17, 15) is 9.59 Å². The van der Waals surface area contributed by atoms with Crippen LogP contribution in [0.2, 0.25) is 0 Å². The van der Waals surface area contributed by atoms with Crippen molar-refractivity contribution < 1.29 is 19.1 Å². The van der Waals surface area contributed by atoms with E-state index >= 15 is 0 Å². The van der Waals surface area contributed by atoms with Crippen LogP contribution in [0.3, 0.4) is 0 Å². The fraction of sp³-hybridized carbons (Fsp3) is 0.500. The van der Waals surface area contributed by atoms with Crippen molar-refractivity contribution >= 4 is 34.3 Å². The number of pyridine rings is 3. The van der Waals surface area contributed by atoms with Crippen molar-refractivity contribution in [1.29, 1.82) is 0 Å². The summed E-state index contributed by atoms with van der Waals surface area (Å²) in [6, 6.07) is 5.43. The van der Waals surface area contributed by atoms with Crippen LogP contribution in [0.25, 0.3) is 10.8 Å². The number of cyclic esters (lactones) is 1. The fourth-order valence-electron chi connectivity index (χ4n) is 5.25. The van der Waals surface area contributed by atoms with Gasteiger partial charge in [-0.2, -0.15) is 0 Å². The Hall–Kier alpha value is -3.79. The van der Waals surface area contributed by atoms with E-state index in [1.807, 2.05) is 45.6 Å². The molecule has 0 aromatic carbocycles. The fourth-order valence-corrected chi connectivity index (χ4v) is 5.25. The molecule has 3 aliphatic rings. The molecule has 0 bridgehead atoms. The second-order valence-corrected chi connectivity index (χ2v) is 12.1. The maximum absolute atomic E-state index is 12.5. The first kappa shape index (κ1) is 26.4. The number of aromatic nitrogens is 3. The minimum Gasteiger partial charge on any atom is -0.470 e. The molecule has 1 amide bonds. The standard InChI is InChI=1S/C30H36N6O4/c1-6-30(5,31)22-13-33-26(39-18-14-36(15-18)27(37)17-7-8-17)21-12-32-24(11-20(21)22)34-23-10-9-19-25(35-23)16(2)29(3,4)40-28(19)38/h9-13,16-18H,6-8,14-15,31H2,1-5H3,(H,32,34,35)/t16-,30-/m1/s1. The van der Waals surface area contributed by atoms with Gasteiger partial charge in [0.1, 0.15) is 23.3 Å². The monoisotopic (exact) mass is 544 g/mol. The average molecular weight is 545 g/mol. The number of likely N-dealkylation sites (tertiary alicyclic amines) is 1. The van der Waals surface area contributed by atoms with E-state index in [4.69, 9.17) is 20.2 Å². The molecule has 2 aliphatic heterocycles. The van der Waals surface area contributed by atoms with Gasteiger partial charge in [-0.1, -0.05) is 13.8 Å². The third-order valence-corrected chi connectivity index (χ3v) is 8.66. The summed E-state index contributed by atoms with van der Waals surface area (Å²) in [5.41, 5.74) is 7.49. The lowest BCUT2D eigenvalue weighted by molar-refractivity contribution is -0.141. The van der Waals surface area contributed by atoms with Gasteiger partial charge in [0.2, 0.25) is 11.8 Å². The zero-order valence-corrected chi connectivity index (χ0v) is 23.7. The summed E-state index contributed by atoms with van der Waals surface area (Å²) < 4.78 is 11.8. The Morgan fingerprint density at radius 1 is 1.20 bits per heavy atom. The van der Waals surface area contributed by atoms with Crippen molar-refractivity contribution in [2.45, 2.75) is 77.0 Å². The van der Waals surface area contributed by atoms with Gasteiger partial charge >= 0.3 is 5.97 Å². The number of nitrogens with two attached hydrogens (primary N) is 1. The maximum atomic E-state index is 12.5. The third-order valence-electron chi connectivity index (χ3n) is 8.66. The van der Waals surface area contributed by atoms with E-state index < -0.39 is 11.1 Å². The van der Waals surface area contributed by atoms with E-state index in [0.717, 1.165) is 29.2 Å². The molecular weight excluding hydrogens is 508 g/mol. The smallest absolute Gasteiger partial charge is 0.340 e. The van der Waals surface area contributed by atoms with Crippen LogP contribution in [-0.4, -0.2) is 56.5 Å². The van der Waals surface area contributed by atoms with Crippen molar-refractivity contribution in [1.82, 2.24) is 19.9 Å². The first-order valence-corrected chi connectivity index (χ1v) is 14.0. The highest BCUT2D eigenvalue weighted by atomic mass is 16.6. The molecule has 10 nitrogen and oxygen atoms in total. The van der Waals surface area contributed by atoms with Crippen LogP contribution < -0.4 is 15.8 Å². The number of nitrogens with one attached hydrogen (secondary N) is 1. The lowest BCUT2D eigenvalue weighted by Crippen LogP contribution is -2.56. The highest BCUT2D eigenvalue weighted by Crippen LogP contribution is 2.39. The molecule has 2 fully saturated rings. The van der Waals surface area contributed by atoms with E-state index in [2.05, 4.69) is 15.3 Å². The highest BCUT2D eigenvalue weighted by Gasteiger charge is 2.41. The summed E-state index contributed by atoms with van der Waals surface area (Å²) in [5, 5.41) is 4.95. The molecular formula is C30H36N6O4. The Morgan fingerprint density at radius 2 is 1.95 bits per heavy atom. The number of hydrogen-bond acceptors (Lipinski definition) is 9. The van der Waals surface area contributed by atoms with Crippen molar-refractivity contribution in [3.63, 3.8) is 0 Å². The Labute approximate surface area is 233 Å². The van der Waals surface area contributed by atoms with Crippen LogP contribution in [0.5, 0.6) is 5.88 Å². The highest BCUT2D eigenvalue weighted by molar-refractivity contribution is 5.93. The molecule has 210 valence electrons. The number of amides is 1. The van der Waals surface area contributed by atoms with E-state index in [0.29, 0.717) is 48.3 Å². The zero-order chi connectivity index (χ0) is 28.4. The molecule has 3 aromatic heterocycles. The summed E-state index contributed by atoms with van der Waals surface area (Å²) >= 11 is 0. The molecule has 1 saturated carbocycles. The van der Waals surface area contributed by atoms with E-state index in [1.165, 1.54) is 0 Å². The number of esters is 1. The van der Waals surface area contributed by atoms with Crippen molar-refractivity contribution in [3.05, 3.63) is 47.4 Å². The van der Waals surface area contributed by atoms with Gasteiger partial charge in [0.25, 0.3) is 0 Å². The molecule has 3 N–H and O–H groups in total. The average Bonchev–Trinajstić information content (AvgIpc) is 3.74. The summed E-state index contributed by atoms with van der Waals surface area (Å²) in [4.78, 5) is 40.7. The Kier molecular flexibility index (Phi) is 6.21. The number of anilines is 2. The predicted octanol–water partition coefficient (Wildman–Crippen LogP) is 4.40. The minimum atomic E-state index is -0.649. The van der Waals surface area contributed by atoms with Crippen LogP contribution in [0.1, 0.15) is 81.4 Å². The van der Waals surface area contributed by atoms with E-state index in [1.54, 1.807) is 24.5 Å². The van der Waals surface area contributed by atoms with E-state index in [-0.39, 0.29) is 29.8 Å². The predicted molar refractivity (Wildman–Crippen MR) is 151 cm³/mol. The summed E-state index contributed by atoms with van der Waals surface area (Å²) in [6.45, 7) is 11.0. The summed E-state index contributed by atoms with van der Waals surface area (Å²) in [5.74, 6) is 1.65. The molecule has 3 aromatic rings. The molecule has 10 heteroatoms. The number of hydrogen-bond donors (Lipinski definition) is 2. The van der Waals surface area contributed by atoms with Gasteiger partial charge in [0.15, 0.2) is 0 Å². The number of carbonyl (C=O) groups is 2. The number of carbonyl (C=O) groups excluding carboxylic acids is 2. The Morgan fingerprint density at radius 3 is 2.65 bits per heavy atom. The van der Waals surface area contributed by atoms with Gasteiger partial charge in [0.05, 0.1) is 29.7 Å². The van der Waals surface area contributed by atoms with Crippen LogP contribution in [0.4, 0.5) is 11.6 Å². The molecule has 1 saturated heterocycles. The second-order valence-electron chi connectivity index (χ2n) is 12.1. The maximum Gasteiger partial charge on any atom is 0.340 e. The molecule has 0 unspecified atom stereocenters. The number of fused-ring (bicyclic) bond motifs is 2. The summed E-state index contributed by atoms with van der Waals surface area (Å²) in [6.07, 6.45) is 6.13.